The quantitative estimate of drug-likeness (QED) is 0.773. The standard InChI is InChI=1S/C17H23N5O3/c1-12-7-18-8-16(20-12)25-10-13-6-15-14(19-11-21(15)2)9-22(13)17(23)4-5-24-3/h7-8,11,13H,4-6,9-10H2,1-3H3. The molecule has 0 spiro atoms. The molecule has 1 aliphatic heterocycles. The molecule has 2 aromatic heterocycles. The van der Waals surface area contributed by atoms with Crippen molar-refractivity contribution < 1.29 is 14.3 Å². The average Bonchev–Trinajstić information content (AvgIpc) is 2.97. The summed E-state index contributed by atoms with van der Waals surface area (Å²) >= 11 is 0. The third-order valence-electron chi connectivity index (χ3n) is 4.33. The fourth-order valence-electron chi connectivity index (χ4n) is 2.99. The zero-order valence-corrected chi connectivity index (χ0v) is 14.8. The topological polar surface area (TPSA) is 82.4 Å². The predicted octanol–water partition coefficient (Wildman–Crippen LogP) is 0.887. The van der Waals surface area contributed by atoms with Crippen LogP contribution in [0.1, 0.15) is 23.5 Å². The van der Waals surface area contributed by atoms with Crippen molar-refractivity contribution in [1.29, 1.82) is 0 Å². The van der Waals surface area contributed by atoms with Crippen LogP contribution < -0.4 is 4.74 Å². The number of aryl methyl sites for hydroxylation is 2. The molecule has 1 atom stereocenters. The first-order valence-electron chi connectivity index (χ1n) is 8.27. The lowest BCUT2D eigenvalue weighted by molar-refractivity contribution is -0.136. The average molecular weight is 345 g/mol. The van der Waals surface area contributed by atoms with Gasteiger partial charge in [-0.1, -0.05) is 0 Å². The van der Waals surface area contributed by atoms with Crippen molar-refractivity contribution in [2.75, 3.05) is 20.3 Å². The molecule has 0 saturated heterocycles. The fourth-order valence-corrected chi connectivity index (χ4v) is 2.99. The van der Waals surface area contributed by atoms with Crippen molar-refractivity contribution in [1.82, 2.24) is 24.4 Å². The minimum Gasteiger partial charge on any atom is -0.474 e. The summed E-state index contributed by atoms with van der Waals surface area (Å²) in [5, 5.41) is 0. The van der Waals surface area contributed by atoms with E-state index in [9.17, 15) is 4.79 Å². The van der Waals surface area contributed by atoms with Gasteiger partial charge in [0, 0.05) is 32.5 Å². The number of amides is 1. The van der Waals surface area contributed by atoms with Crippen molar-refractivity contribution in [3.05, 3.63) is 35.8 Å². The SMILES string of the molecule is COCCC(=O)N1Cc2ncn(C)c2CC1COc1cncc(C)n1. The normalized spacial score (nSPS) is 16.6. The zero-order chi connectivity index (χ0) is 17.8. The molecule has 8 heteroatoms. The van der Waals surface area contributed by atoms with Gasteiger partial charge in [-0.15, -0.1) is 0 Å². The third-order valence-corrected chi connectivity index (χ3v) is 4.33. The van der Waals surface area contributed by atoms with Gasteiger partial charge in [0.05, 0.1) is 49.5 Å². The molecule has 134 valence electrons. The van der Waals surface area contributed by atoms with Gasteiger partial charge in [0.2, 0.25) is 11.8 Å². The Kier molecular flexibility index (Phi) is 5.28. The number of fused-ring (bicyclic) bond motifs is 1. The molecule has 8 nitrogen and oxygen atoms in total. The van der Waals surface area contributed by atoms with Crippen LogP contribution in [0.25, 0.3) is 0 Å². The number of carbonyl (C=O) groups is 1. The van der Waals surface area contributed by atoms with Gasteiger partial charge in [0.1, 0.15) is 6.61 Å². The van der Waals surface area contributed by atoms with Crippen LogP contribution in [0.2, 0.25) is 0 Å². The lowest BCUT2D eigenvalue weighted by Gasteiger charge is -2.35. The predicted molar refractivity (Wildman–Crippen MR) is 90.0 cm³/mol. The van der Waals surface area contributed by atoms with Gasteiger partial charge in [-0.2, -0.15) is 0 Å². The van der Waals surface area contributed by atoms with Crippen molar-refractivity contribution in [2.45, 2.75) is 32.4 Å². The molecule has 0 aliphatic carbocycles. The number of hydrogen-bond donors (Lipinski definition) is 0. The number of carbonyl (C=O) groups excluding carboxylic acids is 1. The number of nitrogens with zero attached hydrogens (tertiary/aromatic N) is 5. The maximum atomic E-state index is 12.6. The van der Waals surface area contributed by atoms with Crippen molar-refractivity contribution in [3.63, 3.8) is 0 Å². The summed E-state index contributed by atoms with van der Waals surface area (Å²) in [4.78, 5) is 27.2. The van der Waals surface area contributed by atoms with Crippen LogP contribution >= 0.6 is 0 Å². The Balaban J connectivity index is 1.75. The van der Waals surface area contributed by atoms with Crippen LogP contribution in [0.4, 0.5) is 0 Å². The van der Waals surface area contributed by atoms with E-state index in [1.54, 1.807) is 25.8 Å². The van der Waals surface area contributed by atoms with Crippen molar-refractivity contribution >= 4 is 5.91 Å². The number of aromatic nitrogens is 4. The van der Waals surface area contributed by atoms with E-state index in [0.29, 0.717) is 38.5 Å². The van der Waals surface area contributed by atoms with Crippen molar-refractivity contribution in [3.8, 4) is 5.88 Å². The monoisotopic (exact) mass is 345 g/mol. The first-order chi connectivity index (χ1) is 12.1. The molecule has 0 fully saturated rings. The number of hydrogen-bond acceptors (Lipinski definition) is 6. The van der Waals surface area contributed by atoms with E-state index in [1.165, 1.54) is 0 Å². The molecule has 0 aromatic carbocycles. The van der Waals surface area contributed by atoms with Crippen LogP contribution in [-0.2, 0) is 29.5 Å². The van der Waals surface area contributed by atoms with Gasteiger partial charge in [-0.05, 0) is 6.92 Å². The van der Waals surface area contributed by atoms with Crippen LogP contribution in [0, 0.1) is 6.92 Å². The lowest BCUT2D eigenvalue weighted by atomic mass is 10.0. The van der Waals surface area contributed by atoms with Gasteiger partial charge < -0.3 is 18.9 Å². The highest BCUT2D eigenvalue weighted by Gasteiger charge is 2.32. The Hall–Kier alpha value is -2.48. The van der Waals surface area contributed by atoms with E-state index in [1.807, 2.05) is 23.4 Å². The van der Waals surface area contributed by atoms with Gasteiger partial charge in [0.25, 0.3) is 0 Å². The largest absolute Gasteiger partial charge is 0.474 e. The summed E-state index contributed by atoms with van der Waals surface area (Å²) in [7, 11) is 3.57. The Morgan fingerprint density at radius 1 is 1.40 bits per heavy atom. The van der Waals surface area contributed by atoms with E-state index < -0.39 is 0 Å². The van der Waals surface area contributed by atoms with Crippen molar-refractivity contribution in [2.24, 2.45) is 7.05 Å². The number of imidazole rings is 1. The minimum atomic E-state index is -0.0745. The Labute approximate surface area is 146 Å². The van der Waals surface area contributed by atoms with Gasteiger partial charge in [-0.3, -0.25) is 9.78 Å². The van der Waals surface area contributed by atoms with E-state index in [0.717, 1.165) is 17.1 Å². The summed E-state index contributed by atoms with van der Waals surface area (Å²) in [6, 6.07) is -0.0745. The first-order valence-corrected chi connectivity index (χ1v) is 8.27. The molecule has 1 aliphatic rings. The summed E-state index contributed by atoms with van der Waals surface area (Å²) < 4.78 is 12.9. The second-order valence-corrected chi connectivity index (χ2v) is 6.18. The molecule has 25 heavy (non-hydrogen) atoms. The molecule has 0 N–H and O–H groups in total. The number of rotatable bonds is 6. The minimum absolute atomic E-state index is 0.0436. The van der Waals surface area contributed by atoms with Crippen LogP contribution in [0.5, 0.6) is 5.88 Å². The summed E-state index contributed by atoms with van der Waals surface area (Å²) in [5.74, 6) is 0.516. The third kappa shape index (κ3) is 3.96. The second-order valence-electron chi connectivity index (χ2n) is 6.18. The number of methoxy groups -OCH3 is 1. The fraction of sp³-hybridized carbons (Fsp3) is 0.529. The first kappa shape index (κ1) is 17.3. The van der Waals surface area contributed by atoms with E-state index in [-0.39, 0.29) is 11.9 Å². The lowest BCUT2D eigenvalue weighted by Crippen LogP contribution is -2.48. The summed E-state index contributed by atoms with van der Waals surface area (Å²) in [5.41, 5.74) is 2.88. The molecule has 3 heterocycles. The van der Waals surface area contributed by atoms with Gasteiger partial charge >= 0.3 is 0 Å². The summed E-state index contributed by atoms with van der Waals surface area (Å²) in [6.45, 7) is 3.12. The molecule has 0 bridgehead atoms. The molecular weight excluding hydrogens is 322 g/mol. The molecule has 2 aromatic rings. The van der Waals surface area contributed by atoms with E-state index >= 15 is 0 Å². The highest BCUT2D eigenvalue weighted by atomic mass is 16.5. The van der Waals surface area contributed by atoms with E-state index in [2.05, 4.69) is 15.0 Å². The number of ether oxygens (including phenoxy) is 2. The molecular formula is C17H23N5O3. The highest BCUT2D eigenvalue weighted by molar-refractivity contribution is 5.77. The van der Waals surface area contributed by atoms with Crippen LogP contribution in [0.15, 0.2) is 18.7 Å². The molecule has 1 unspecified atom stereocenters. The Bertz CT molecular complexity index is 746. The second kappa shape index (κ2) is 7.60. The summed E-state index contributed by atoms with van der Waals surface area (Å²) in [6.07, 6.45) is 6.10. The van der Waals surface area contributed by atoms with Gasteiger partial charge in [-0.25, -0.2) is 9.97 Å². The van der Waals surface area contributed by atoms with Crippen LogP contribution in [0.3, 0.4) is 0 Å². The highest BCUT2D eigenvalue weighted by Crippen LogP contribution is 2.23. The Morgan fingerprint density at radius 2 is 2.24 bits per heavy atom. The molecule has 3 rings (SSSR count). The van der Waals surface area contributed by atoms with E-state index in [4.69, 9.17) is 9.47 Å². The maximum Gasteiger partial charge on any atom is 0.232 e. The Morgan fingerprint density at radius 3 is 3.00 bits per heavy atom. The molecule has 0 saturated carbocycles. The van der Waals surface area contributed by atoms with Crippen LogP contribution in [-0.4, -0.2) is 56.7 Å². The smallest absolute Gasteiger partial charge is 0.232 e. The maximum absolute atomic E-state index is 12.6. The molecule has 0 radical (unpaired) electrons. The zero-order valence-electron chi connectivity index (χ0n) is 14.8. The molecule has 1 amide bonds. The van der Waals surface area contributed by atoms with Gasteiger partial charge in [0.15, 0.2) is 0 Å².